The first-order chi connectivity index (χ1) is 13.7. The SMILES string of the molecule is C=CC(=O)Oc1cc(Br)c(Br)cc1Br.C=Cc1cccc(C2=CC(=O)OC2=O)c1. The third-order valence-electron chi connectivity index (χ3n) is 3.46. The van der Waals surface area contributed by atoms with Gasteiger partial charge in [0.15, 0.2) is 0 Å². The van der Waals surface area contributed by atoms with Crippen molar-refractivity contribution in [3.63, 3.8) is 0 Å². The zero-order chi connectivity index (χ0) is 21.6. The van der Waals surface area contributed by atoms with E-state index in [-0.39, 0.29) is 0 Å². The summed E-state index contributed by atoms with van der Waals surface area (Å²) in [5.41, 5.74) is 1.85. The molecule has 0 amide bonds. The van der Waals surface area contributed by atoms with Crippen LogP contribution in [0.15, 0.2) is 75.1 Å². The van der Waals surface area contributed by atoms with Gasteiger partial charge >= 0.3 is 17.9 Å². The van der Waals surface area contributed by atoms with Crippen LogP contribution >= 0.6 is 47.8 Å². The monoisotopic (exact) mass is 582 g/mol. The van der Waals surface area contributed by atoms with Crippen LogP contribution in [0.1, 0.15) is 11.1 Å². The van der Waals surface area contributed by atoms with Crippen LogP contribution in [0.4, 0.5) is 0 Å². The molecular weight excluding hydrogens is 572 g/mol. The van der Waals surface area contributed by atoms with E-state index in [1.807, 2.05) is 6.07 Å². The molecule has 3 rings (SSSR count). The number of esters is 3. The minimum Gasteiger partial charge on any atom is -0.422 e. The lowest BCUT2D eigenvalue weighted by atomic mass is 10.0. The number of cyclic esters (lactones) is 2. The number of benzene rings is 2. The molecular formula is C21H13Br3O5. The van der Waals surface area contributed by atoms with E-state index in [0.29, 0.717) is 21.4 Å². The van der Waals surface area contributed by atoms with E-state index in [0.717, 1.165) is 20.6 Å². The van der Waals surface area contributed by atoms with Crippen molar-refractivity contribution in [2.24, 2.45) is 0 Å². The highest BCUT2D eigenvalue weighted by Gasteiger charge is 2.24. The molecule has 0 spiro atoms. The molecule has 2 aromatic carbocycles. The van der Waals surface area contributed by atoms with Crippen molar-refractivity contribution < 1.29 is 23.9 Å². The standard InChI is InChI=1S/C12H8O3.C9H5Br3O2/c1-2-8-4-3-5-9(6-8)10-7-11(13)15-12(10)14;1-2-9(13)14-8-4-6(11)5(10)3-7(8)12/h2-7H,1H2;2-4H,1H2. The molecule has 0 saturated carbocycles. The Kier molecular flexibility index (Phi) is 8.31. The molecule has 0 unspecified atom stereocenters. The lowest BCUT2D eigenvalue weighted by Crippen LogP contribution is -2.03. The Hall–Kier alpha value is -2.29. The second-order valence-electron chi connectivity index (χ2n) is 5.42. The highest BCUT2D eigenvalue weighted by Crippen LogP contribution is 2.34. The van der Waals surface area contributed by atoms with E-state index in [9.17, 15) is 14.4 Å². The normalized spacial score (nSPS) is 12.3. The van der Waals surface area contributed by atoms with Crippen molar-refractivity contribution in [2.75, 3.05) is 0 Å². The average molecular weight is 585 g/mol. The van der Waals surface area contributed by atoms with Gasteiger partial charge < -0.3 is 9.47 Å². The smallest absolute Gasteiger partial charge is 0.346 e. The van der Waals surface area contributed by atoms with Gasteiger partial charge in [-0.15, -0.1) is 0 Å². The molecule has 148 valence electrons. The van der Waals surface area contributed by atoms with Crippen LogP contribution in [0, 0.1) is 0 Å². The van der Waals surface area contributed by atoms with E-state index in [1.165, 1.54) is 6.08 Å². The number of carbonyl (C=O) groups excluding carboxylic acids is 3. The van der Waals surface area contributed by atoms with Gasteiger partial charge in [-0.1, -0.05) is 37.4 Å². The molecule has 5 nitrogen and oxygen atoms in total. The number of carbonyl (C=O) groups is 3. The maximum absolute atomic E-state index is 11.2. The van der Waals surface area contributed by atoms with Crippen molar-refractivity contribution in [1.82, 2.24) is 0 Å². The number of ether oxygens (including phenoxy) is 2. The minimum atomic E-state index is -0.612. The summed E-state index contributed by atoms with van der Waals surface area (Å²) >= 11 is 9.91. The third-order valence-corrected chi connectivity index (χ3v) is 5.92. The number of hydrogen-bond acceptors (Lipinski definition) is 5. The van der Waals surface area contributed by atoms with Crippen LogP contribution in [0.5, 0.6) is 5.75 Å². The quantitative estimate of drug-likeness (QED) is 0.148. The second kappa shape index (κ2) is 10.5. The highest BCUT2D eigenvalue weighted by molar-refractivity contribution is 9.13. The molecule has 0 radical (unpaired) electrons. The Morgan fingerprint density at radius 1 is 1.00 bits per heavy atom. The summed E-state index contributed by atoms with van der Waals surface area (Å²) in [6, 6.07) is 10.7. The fourth-order valence-electron chi connectivity index (χ4n) is 2.12. The molecule has 0 saturated heterocycles. The Morgan fingerprint density at radius 3 is 2.28 bits per heavy atom. The maximum Gasteiger partial charge on any atom is 0.346 e. The predicted octanol–water partition coefficient (Wildman–Crippen LogP) is 5.86. The third kappa shape index (κ3) is 6.35. The van der Waals surface area contributed by atoms with Crippen molar-refractivity contribution >= 4 is 77.3 Å². The fraction of sp³-hybridized carbons (Fsp3) is 0. The largest absolute Gasteiger partial charge is 0.422 e. The van der Waals surface area contributed by atoms with Crippen molar-refractivity contribution in [1.29, 1.82) is 0 Å². The zero-order valence-corrected chi connectivity index (χ0v) is 19.5. The second-order valence-corrected chi connectivity index (χ2v) is 7.98. The molecule has 0 atom stereocenters. The van der Waals surface area contributed by atoms with Crippen LogP contribution < -0.4 is 4.74 Å². The highest BCUT2D eigenvalue weighted by atomic mass is 79.9. The fourth-order valence-corrected chi connectivity index (χ4v) is 3.52. The van der Waals surface area contributed by atoms with Crippen LogP contribution in [-0.4, -0.2) is 17.9 Å². The lowest BCUT2D eigenvalue weighted by Gasteiger charge is -2.05. The van der Waals surface area contributed by atoms with E-state index in [4.69, 9.17) is 4.74 Å². The Balaban J connectivity index is 0.000000208. The first-order valence-corrected chi connectivity index (χ1v) is 10.3. The van der Waals surface area contributed by atoms with Gasteiger partial charge in [-0.05, 0) is 77.1 Å². The molecule has 0 aliphatic carbocycles. The van der Waals surface area contributed by atoms with Gasteiger partial charge in [-0.2, -0.15) is 0 Å². The molecule has 1 aliphatic rings. The minimum absolute atomic E-state index is 0.295. The van der Waals surface area contributed by atoms with Crippen molar-refractivity contribution in [3.8, 4) is 5.75 Å². The molecule has 2 aromatic rings. The summed E-state index contributed by atoms with van der Waals surface area (Å²) in [4.78, 5) is 33.0. The van der Waals surface area contributed by atoms with Gasteiger partial charge in [0.25, 0.3) is 0 Å². The van der Waals surface area contributed by atoms with Gasteiger partial charge in [0.05, 0.1) is 10.0 Å². The number of halogens is 3. The Labute approximate surface area is 192 Å². The van der Waals surface area contributed by atoms with Gasteiger partial charge in [-0.25, -0.2) is 14.4 Å². The maximum atomic E-state index is 11.2. The van der Waals surface area contributed by atoms with Gasteiger partial charge in [-0.3, -0.25) is 0 Å². The predicted molar refractivity (Wildman–Crippen MR) is 121 cm³/mol. The van der Waals surface area contributed by atoms with E-state index in [1.54, 1.807) is 36.4 Å². The molecule has 1 aliphatic heterocycles. The molecule has 0 bridgehead atoms. The van der Waals surface area contributed by atoms with Gasteiger partial charge in [0.2, 0.25) is 0 Å². The lowest BCUT2D eigenvalue weighted by molar-refractivity contribution is -0.149. The van der Waals surface area contributed by atoms with Gasteiger partial charge in [0.1, 0.15) is 5.75 Å². The van der Waals surface area contributed by atoms with Crippen molar-refractivity contribution in [2.45, 2.75) is 0 Å². The molecule has 29 heavy (non-hydrogen) atoms. The average Bonchev–Trinajstić information content (AvgIpc) is 3.04. The van der Waals surface area contributed by atoms with E-state index >= 15 is 0 Å². The molecule has 0 aromatic heterocycles. The van der Waals surface area contributed by atoms with Crippen LogP contribution in [0.2, 0.25) is 0 Å². The molecule has 0 N–H and O–H groups in total. The van der Waals surface area contributed by atoms with E-state index < -0.39 is 17.9 Å². The summed E-state index contributed by atoms with van der Waals surface area (Å²) < 4.78 is 11.8. The Morgan fingerprint density at radius 2 is 1.69 bits per heavy atom. The van der Waals surface area contributed by atoms with Crippen LogP contribution in [-0.2, 0) is 19.1 Å². The Bertz CT molecular complexity index is 1040. The topological polar surface area (TPSA) is 69.7 Å². The summed E-state index contributed by atoms with van der Waals surface area (Å²) in [5.74, 6) is -1.25. The van der Waals surface area contributed by atoms with E-state index in [2.05, 4.69) is 65.7 Å². The molecule has 8 heteroatoms. The summed E-state index contributed by atoms with van der Waals surface area (Å²) in [6.07, 6.45) is 3.99. The van der Waals surface area contributed by atoms with Gasteiger partial charge in [0, 0.05) is 21.1 Å². The van der Waals surface area contributed by atoms with Crippen LogP contribution in [0.3, 0.4) is 0 Å². The number of rotatable bonds is 4. The van der Waals surface area contributed by atoms with Crippen molar-refractivity contribution in [3.05, 3.63) is 86.3 Å². The summed E-state index contributed by atoms with van der Waals surface area (Å²) in [6.45, 7) is 6.95. The molecule has 0 fully saturated rings. The van der Waals surface area contributed by atoms with Crippen LogP contribution in [0.25, 0.3) is 11.6 Å². The summed E-state index contributed by atoms with van der Waals surface area (Å²) in [5, 5.41) is 0. The number of hydrogen-bond donors (Lipinski definition) is 0. The molecule has 1 heterocycles. The zero-order valence-electron chi connectivity index (χ0n) is 14.8. The first kappa shape index (κ1) is 23.0. The summed E-state index contributed by atoms with van der Waals surface area (Å²) in [7, 11) is 0. The first-order valence-electron chi connectivity index (χ1n) is 7.94.